The molecule has 0 aromatic heterocycles. The summed E-state index contributed by atoms with van der Waals surface area (Å²) >= 11 is 0. The molecule has 0 spiro atoms. The summed E-state index contributed by atoms with van der Waals surface area (Å²) in [4.78, 5) is 12.0. The number of sulfonamides is 1. The molecule has 0 aliphatic carbocycles. The van der Waals surface area contributed by atoms with Gasteiger partial charge in [0.2, 0.25) is 10.0 Å². The van der Waals surface area contributed by atoms with E-state index in [1.54, 1.807) is 12.1 Å². The Labute approximate surface area is 144 Å². The van der Waals surface area contributed by atoms with Gasteiger partial charge in [-0.3, -0.25) is 4.79 Å². The fraction of sp³-hybridized carbons (Fsp3) is 0.588. The first-order valence-electron chi connectivity index (χ1n) is 7.92. The van der Waals surface area contributed by atoms with Crippen LogP contribution in [0.1, 0.15) is 39.7 Å². The molecule has 1 unspecified atom stereocenters. The minimum absolute atomic E-state index is 0.104. The fourth-order valence-corrected chi connectivity index (χ4v) is 3.17. The number of aryl methyl sites for hydroxylation is 1. The molecule has 1 aromatic rings. The molecule has 1 aromatic carbocycles. The number of hydrogen-bond acceptors (Lipinski definition) is 5. The van der Waals surface area contributed by atoms with Crippen LogP contribution in [0.25, 0.3) is 0 Å². The van der Waals surface area contributed by atoms with Gasteiger partial charge in [0.25, 0.3) is 0 Å². The van der Waals surface area contributed by atoms with Crippen LogP contribution < -0.4 is 4.72 Å². The summed E-state index contributed by atoms with van der Waals surface area (Å²) in [6, 6.07) is 5.52. The highest BCUT2D eigenvalue weighted by Gasteiger charge is 2.28. The molecule has 0 amide bonds. The zero-order valence-electron chi connectivity index (χ0n) is 15.0. The Bertz CT molecular complexity index is 632. The van der Waals surface area contributed by atoms with Crippen LogP contribution in [0.2, 0.25) is 0 Å². The fourth-order valence-electron chi connectivity index (χ4n) is 2.01. The third-order valence-electron chi connectivity index (χ3n) is 3.24. The third kappa shape index (κ3) is 6.59. The van der Waals surface area contributed by atoms with E-state index < -0.39 is 27.6 Å². The Kier molecular flexibility index (Phi) is 7.38. The predicted octanol–water partition coefficient (Wildman–Crippen LogP) is 2.27. The van der Waals surface area contributed by atoms with Gasteiger partial charge in [-0.05, 0) is 44.9 Å². The van der Waals surface area contributed by atoms with Gasteiger partial charge in [0.15, 0.2) is 0 Å². The number of carbonyl (C=O) groups excluding carboxylic acids is 1. The summed E-state index contributed by atoms with van der Waals surface area (Å²) in [6.45, 7) is 7.42. The topological polar surface area (TPSA) is 81.7 Å². The lowest BCUT2D eigenvalue weighted by atomic mass is 10.1. The van der Waals surface area contributed by atoms with Crippen LogP contribution in [0.4, 0.5) is 0 Å². The molecule has 1 rings (SSSR count). The van der Waals surface area contributed by atoms with Crippen molar-refractivity contribution in [2.24, 2.45) is 0 Å². The lowest BCUT2D eigenvalue weighted by molar-refractivity contribution is -0.145. The van der Waals surface area contributed by atoms with Gasteiger partial charge in [-0.2, -0.15) is 4.72 Å². The van der Waals surface area contributed by atoms with Crippen molar-refractivity contribution in [1.29, 1.82) is 0 Å². The van der Waals surface area contributed by atoms with Crippen molar-refractivity contribution < 1.29 is 22.7 Å². The van der Waals surface area contributed by atoms with Crippen molar-refractivity contribution in [3.8, 4) is 0 Å². The van der Waals surface area contributed by atoms with E-state index >= 15 is 0 Å². The second-order valence-corrected chi connectivity index (χ2v) is 8.23. The molecular formula is C17H27NO5S. The average Bonchev–Trinajstić information content (AvgIpc) is 2.50. The van der Waals surface area contributed by atoms with Gasteiger partial charge in [0, 0.05) is 0 Å². The van der Waals surface area contributed by atoms with Crippen LogP contribution in [-0.4, -0.2) is 39.7 Å². The predicted molar refractivity (Wildman–Crippen MR) is 92.3 cm³/mol. The Morgan fingerprint density at radius 1 is 1.21 bits per heavy atom. The number of benzene rings is 1. The van der Waals surface area contributed by atoms with Crippen LogP contribution in [0, 0.1) is 0 Å². The van der Waals surface area contributed by atoms with Gasteiger partial charge in [-0.25, -0.2) is 8.42 Å². The summed E-state index contributed by atoms with van der Waals surface area (Å²) < 4.78 is 37.5. The average molecular weight is 357 g/mol. The third-order valence-corrected chi connectivity index (χ3v) is 4.73. The normalized spacial score (nSPS) is 13.5. The van der Waals surface area contributed by atoms with E-state index in [0.717, 1.165) is 18.4 Å². The molecule has 0 aliphatic rings. The van der Waals surface area contributed by atoms with E-state index in [2.05, 4.69) is 16.4 Å². The quantitative estimate of drug-likeness (QED) is 0.722. The van der Waals surface area contributed by atoms with Crippen molar-refractivity contribution in [2.45, 2.75) is 57.1 Å². The van der Waals surface area contributed by atoms with E-state index in [1.807, 2.05) is 20.8 Å². The molecule has 0 bridgehead atoms. The number of ether oxygens (including phenoxy) is 2. The molecule has 0 heterocycles. The molecule has 24 heavy (non-hydrogen) atoms. The molecule has 6 nitrogen and oxygen atoms in total. The highest BCUT2D eigenvalue weighted by molar-refractivity contribution is 7.89. The van der Waals surface area contributed by atoms with Crippen molar-refractivity contribution >= 4 is 16.0 Å². The number of hydrogen-bond donors (Lipinski definition) is 1. The number of rotatable bonds is 8. The summed E-state index contributed by atoms with van der Waals surface area (Å²) in [5.41, 5.74) is 0.566. The van der Waals surface area contributed by atoms with Crippen LogP contribution >= 0.6 is 0 Å². The lowest BCUT2D eigenvalue weighted by Crippen LogP contribution is -2.46. The Balaban J connectivity index is 2.91. The summed E-state index contributed by atoms with van der Waals surface area (Å²) in [6.07, 6.45) is 1.87. The number of carbonyl (C=O) groups is 1. The van der Waals surface area contributed by atoms with Gasteiger partial charge in [0.1, 0.15) is 6.04 Å². The Morgan fingerprint density at radius 3 is 2.25 bits per heavy atom. The molecule has 1 N–H and O–H groups in total. The standard InChI is InChI=1S/C17H27NO5S/c1-6-7-13-8-10-14(11-9-13)24(20,21)18-15(16(19)22-5)12-23-17(2,3)4/h8-11,15,18H,6-7,12H2,1-5H3. The Morgan fingerprint density at radius 2 is 1.79 bits per heavy atom. The van der Waals surface area contributed by atoms with Gasteiger partial charge < -0.3 is 9.47 Å². The van der Waals surface area contributed by atoms with Gasteiger partial charge in [0.05, 0.1) is 24.2 Å². The minimum Gasteiger partial charge on any atom is -0.468 e. The first kappa shape index (κ1) is 20.6. The molecule has 136 valence electrons. The summed E-state index contributed by atoms with van der Waals surface area (Å²) in [7, 11) is -2.64. The second-order valence-electron chi connectivity index (χ2n) is 6.51. The van der Waals surface area contributed by atoms with Crippen LogP contribution in [-0.2, 0) is 30.7 Å². The van der Waals surface area contributed by atoms with E-state index in [-0.39, 0.29) is 11.5 Å². The highest BCUT2D eigenvalue weighted by Crippen LogP contribution is 2.14. The first-order chi connectivity index (χ1) is 11.1. The second kappa shape index (κ2) is 8.60. The highest BCUT2D eigenvalue weighted by atomic mass is 32.2. The summed E-state index contributed by atoms with van der Waals surface area (Å²) in [5, 5.41) is 0. The number of esters is 1. The lowest BCUT2D eigenvalue weighted by Gasteiger charge is -2.23. The van der Waals surface area contributed by atoms with Crippen molar-refractivity contribution in [1.82, 2.24) is 4.72 Å². The maximum absolute atomic E-state index is 12.5. The molecule has 1 atom stereocenters. The van der Waals surface area contributed by atoms with E-state index in [4.69, 9.17) is 4.74 Å². The number of nitrogens with one attached hydrogen (secondary N) is 1. The molecule has 0 saturated heterocycles. The SMILES string of the molecule is CCCc1ccc(S(=O)(=O)NC(COC(C)(C)C)C(=O)OC)cc1. The van der Waals surface area contributed by atoms with Crippen molar-refractivity contribution in [3.63, 3.8) is 0 Å². The van der Waals surface area contributed by atoms with Gasteiger partial charge >= 0.3 is 5.97 Å². The smallest absolute Gasteiger partial charge is 0.326 e. The maximum Gasteiger partial charge on any atom is 0.326 e. The molecule has 0 aliphatic heterocycles. The molecule has 7 heteroatoms. The molecule has 0 saturated carbocycles. The maximum atomic E-state index is 12.5. The van der Waals surface area contributed by atoms with Gasteiger partial charge in [-0.15, -0.1) is 0 Å². The molecule has 0 fully saturated rings. The Hall–Kier alpha value is -1.44. The van der Waals surface area contributed by atoms with E-state index in [0.29, 0.717) is 0 Å². The molecular weight excluding hydrogens is 330 g/mol. The molecule has 0 radical (unpaired) electrons. The zero-order valence-corrected chi connectivity index (χ0v) is 15.8. The van der Waals surface area contributed by atoms with E-state index in [9.17, 15) is 13.2 Å². The first-order valence-corrected chi connectivity index (χ1v) is 9.40. The van der Waals surface area contributed by atoms with Crippen LogP contribution in [0.15, 0.2) is 29.2 Å². The minimum atomic E-state index is -3.84. The van der Waals surface area contributed by atoms with E-state index in [1.165, 1.54) is 19.2 Å². The largest absolute Gasteiger partial charge is 0.468 e. The van der Waals surface area contributed by atoms with Crippen LogP contribution in [0.3, 0.4) is 0 Å². The zero-order chi connectivity index (χ0) is 18.4. The van der Waals surface area contributed by atoms with Crippen molar-refractivity contribution in [3.05, 3.63) is 29.8 Å². The van der Waals surface area contributed by atoms with Gasteiger partial charge in [-0.1, -0.05) is 25.5 Å². The summed E-state index contributed by atoms with van der Waals surface area (Å²) in [5.74, 6) is -0.689. The van der Waals surface area contributed by atoms with Crippen LogP contribution in [0.5, 0.6) is 0 Å². The number of methoxy groups -OCH3 is 1. The monoisotopic (exact) mass is 357 g/mol. The van der Waals surface area contributed by atoms with Crippen molar-refractivity contribution in [2.75, 3.05) is 13.7 Å².